The normalized spacial score (nSPS) is 15.2. The van der Waals surface area contributed by atoms with E-state index in [4.69, 9.17) is 14.6 Å². The van der Waals surface area contributed by atoms with E-state index in [9.17, 15) is 27.6 Å². The first-order valence-electron chi connectivity index (χ1n) is 12.2. The molecule has 4 rings (SSSR count). The SMILES string of the molecule is COc1ccccc1C(=O)COC(=O)c1ccc(N2C(=O)CC(NCCc3ccc(S(N)(=O)=O)cc3)C2=O)cc1. The summed E-state index contributed by atoms with van der Waals surface area (Å²) >= 11 is 0. The molecule has 208 valence electrons. The molecule has 3 N–H and O–H groups in total. The predicted octanol–water partition coefficient (Wildman–Crippen LogP) is 1.85. The Morgan fingerprint density at radius 3 is 2.33 bits per heavy atom. The first-order chi connectivity index (χ1) is 19.1. The van der Waals surface area contributed by atoms with Gasteiger partial charge in [0.25, 0.3) is 5.91 Å². The lowest BCUT2D eigenvalue weighted by molar-refractivity contribution is -0.121. The monoisotopic (exact) mass is 565 g/mol. The van der Waals surface area contributed by atoms with E-state index in [1.165, 1.54) is 43.5 Å². The van der Waals surface area contributed by atoms with Crippen molar-refractivity contribution in [3.8, 4) is 5.75 Å². The van der Waals surface area contributed by atoms with Gasteiger partial charge in [-0.25, -0.2) is 23.3 Å². The van der Waals surface area contributed by atoms with Crippen molar-refractivity contribution in [3.63, 3.8) is 0 Å². The van der Waals surface area contributed by atoms with Crippen LogP contribution in [-0.2, 0) is 30.8 Å². The Bertz CT molecular complexity index is 1540. The number of nitrogens with zero attached hydrogens (tertiary/aromatic N) is 1. The maximum absolute atomic E-state index is 12.9. The summed E-state index contributed by atoms with van der Waals surface area (Å²) in [6.45, 7) is -0.0989. The lowest BCUT2D eigenvalue weighted by atomic mass is 10.1. The first-order valence-corrected chi connectivity index (χ1v) is 13.8. The molecule has 0 aliphatic carbocycles. The van der Waals surface area contributed by atoms with Crippen molar-refractivity contribution in [1.82, 2.24) is 5.32 Å². The molecule has 1 fully saturated rings. The minimum absolute atomic E-state index is 0.0111. The number of Topliss-reactive ketones (excluding diaryl/α,β-unsaturated/α-hetero) is 1. The zero-order valence-electron chi connectivity index (χ0n) is 21.5. The summed E-state index contributed by atoms with van der Waals surface area (Å²) in [5.74, 6) is -1.59. The van der Waals surface area contributed by atoms with Gasteiger partial charge in [-0.3, -0.25) is 14.4 Å². The molecule has 0 saturated carbocycles. The molecule has 3 aromatic carbocycles. The number of sulfonamides is 1. The second-order valence-corrected chi connectivity index (χ2v) is 10.5. The number of ether oxygens (including phenoxy) is 2. The molecule has 11 nitrogen and oxygen atoms in total. The lowest BCUT2D eigenvalue weighted by Crippen LogP contribution is -2.39. The van der Waals surface area contributed by atoms with E-state index in [1.54, 1.807) is 36.4 Å². The van der Waals surface area contributed by atoms with Crippen molar-refractivity contribution in [2.45, 2.75) is 23.8 Å². The van der Waals surface area contributed by atoms with E-state index in [1.807, 2.05) is 0 Å². The molecule has 1 aliphatic rings. The first kappa shape index (κ1) is 28.6. The fraction of sp³-hybridized carbons (Fsp3) is 0.214. The number of hydrogen-bond acceptors (Lipinski definition) is 9. The molecule has 1 atom stereocenters. The van der Waals surface area contributed by atoms with Crippen LogP contribution >= 0.6 is 0 Å². The summed E-state index contributed by atoms with van der Waals surface area (Å²) in [5.41, 5.74) is 1.58. The van der Waals surface area contributed by atoms with E-state index in [-0.39, 0.29) is 16.9 Å². The van der Waals surface area contributed by atoms with Crippen LogP contribution < -0.4 is 20.1 Å². The topological polar surface area (TPSA) is 162 Å². The van der Waals surface area contributed by atoms with E-state index in [2.05, 4.69) is 5.32 Å². The fourth-order valence-corrected chi connectivity index (χ4v) is 4.73. The van der Waals surface area contributed by atoms with Crippen molar-refractivity contribution in [1.29, 1.82) is 0 Å². The lowest BCUT2D eigenvalue weighted by Gasteiger charge is -2.16. The van der Waals surface area contributed by atoms with Gasteiger partial charge in [0.05, 0.1) is 41.3 Å². The van der Waals surface area contributed by atoms with Crippen LogP contribution in [0.5, 0.6) is 5.75 Å². The van der Waals surface area contributed by atoms with Gasteiger partial charge in [0.1, 0.15) is 5.75 Å². The molecule has 3 aromatic rings. The number of benzene rings is 3. The average Bonchev–Trinajstić information content (AvgIpc) is 3.23. The number of hydrogen-bond donors (Lipinski definition) is 2. The molecule has 0 aromatic heterocycles. The van der Waals surface area contributed by atoms with Gasteiger partial charge >= 0.3 is 5.97 Å². The Hall–Kier alpha value is -4.39. The maximum Gasteiger partial charge on any atom is 0.338 e. The molecule has 0 bridgehead atoms. The predicted molar refractivity (Wildman–Crippen MR) is 144 cm³/mol. The van der Waals surface area contributed by atoms with Crippen LogP contribution in [0.3, 0.4) is 0 Å². The standard InChI is InChI=1S/C28H27N3O8S/c1-38-25-5-3-2-4-22(25)24(32)17-39-28(35)19-8-10-20(11-9-19)31-26(33)16-23(27(31)34)30-15-14-18-6-12-21(13-7-18)40(29,36)37/h2-13,23,30H,14-17H2,1H3,(H2,29,36,37). The van der Waals surface area contributed by atoms with Crippen LogP contribution in [0.1, 0.15) is 32.7 Å². The summed E-state index contributed by atoms with van der Waals surface area (Å²) in [6.07, 6.45) is 0.470. The van der Waals surface area contributed by atoms with E-state index >= 15 is 0 Å². The highest BCUT2D eigenvalue weighted by molar-refractivity contribution is 7.89. The zero-order valence-corrected chi connectivity index (χ0v) is 22.3. The number of imide groups is 1. The number of esters is 1. The number of carbonyl (C=O) groups excluding carboxylic acids is 4. The smallest absolute Gasteiger partial charge is 0.338 e. The molecule has 1 heterocycles. The molecule has 1 unspecified atom stereocenters. The average molecular weight is 566 g/mol. The molecule has 0 radical (unpaired) electrons. The Labute approximate surface area is 230 Å². The van der Waals surface area contributed by atoms with Gasteiger partial charge in [-0.05, 0) is 67.1 Å². The van der Waals surface area contributed by atoms with Gasteiger partial charge in [0.15, 0.2) is 6.61 Å². The third-order valence-electron chi connectivity index (χ3n) is 6.31. The van der Waals surface area contributed by atoms with Gasteiger partial charge in [-0.2, -0.15) is 0 Å². The van der Waals surface area contributed by atoms with Gasteiger partial charge in [0.2, 0.25) is 21.7 Å². The van der Waals surface area contributed by atoms with Gasteiger partial charge < -0.3 is 14.8 Å². The largest absolute Gasteiger partial charge is 0.496 e. The fourth-order valence-electron chi connectivity index (χ4n) is 4.21. The van der Waals surface area contributed by atoms with Crippen molar-refractivity contribution in [2.75, 3.05) is 25.2 Å². The van der Waals surface area contributed by atoms with Gasteiger partial charge in [-0.1, -0.05) is 24.3 Å². The number of nitrogens with one attached hydrogen (secondary N) is 1. The number of amides is 2. The molecule has 0 spiro atoms. The third-order valence-corrected chi connectivity index (χ3v) is 7.24. The number of anilines is 1. The number of primary sulfonamides is 1. The number of carbonyl (C=O) groups is 4. The summed E-state index contributed by atoms with van der Waals surface area (Å²) in [6, 6.07) is 17.7. The highest BCUT2D eigenvalue weighted by Gasteiger charge is 2.39. The Morgan fingerprint density at radius 2 is 1.68 bits per heavy atom. The van der Waals surface area contributed by atoms with E-state index in [0.717, 1.165) is 10.5 Å². The zero-order chi connectivity index (χ0) is 28.9. The van der Waals surface area contributed by atoms with Crippen molar-refractivity contribution in [2.24, 2.45) is 5.14 Å². The second-order valence-electron chi connectivity index (χ2n) is 8.96. The quantitative estimate of drug-likeness (QED) is 0.201. The molecule has 40 heavy (non-hydrogen) atoms. The molecule has 1 aliphatic heterocycles. The number of ketones is 1. The van der Waals surface area contributed by atoms with Crippen LogP contribution in [0.2, 0.25) is 0 Å². The summed E-state index contributed by atoms with van der Waals surface area (Å²) in [7, 11) is -2.33. The van der Waals surface area contributed by atoms with E-state index < -0.39 is 46.2 Å². The Kier molecular flexibility index (Phi) is 8.73. The number of methoxy groups -OCH3 is 1. The van der Waals surface area contributed by atoms with E-state index in [0.29, 0.717) is 30.0 Å². The highest BCUT2D eigenvalue weighted by Crippen LogP contribution is 2.24. The highest BCUT2D eigenvalue weighted by atomic mass is 32.2. The Balaban J connectivity index is 1.30. The number of nitrogens with two attached hydrogens (primary N) is 1. The van der Waals surface area contributed by atoms with Crippen LogP contribution in [-0.4, -0.2) is 58.3 Å². The molecular formula is C28H27N3O8S. The van der Waals surface area contributed by atoms with Gasteiger partial charge in [0, 0.05) is 0 Å². The Morgan fingerprint density at radius 1 is 1.00 bits per heavy atom. The molecule has 12 heteroatoms. The summed E-state index contributed by atoms with van der Waals surface area (Å²) < 4.78 is 33.0. The number of para-hydroxylation sites is 1. The number of rotatable bonds is 11. The molecule has 2 amide bonds. The van der Waals surface area contributed by atoms with Crippen molar-refractivity contribution < 1.29 is 37.1 Å². The second kappa shape index (κ2) is 12.2. The van der Waals surface area contributed by atoms with Crippen LogP contribution in [0.4, 0.5) is 5.69 Å². The maximum atomic E-state index is 12.9. The van der Waals surface area contributed by atoms with Crippen LogP contribution in [0, 0.1) is 0 Å². The summed E-state index contributed by atoms with van der Waals surface area (Å²) in [5, 5.41) is 8.17. The van der Waals surface area contributed by atoms with Crippen molar-refractivity contribution in [3.05, 3.63) is 89.5 Å². The summed E-state index contributed by atoms with van der Waals surface area (Å²) in [4.78, 5) is 51.5. The van der Waals surface area contributed by atoms with Crippen molar-refractivity contribution >= 4 is 39.3 Å². The minimum Gasteiger partial charge on any atom is -0.496 e. The molecule has 1 saturated heterocycles. The van der Waals surface area contributed by atoms with Gasteiger partial charge in [-0.15, -0.1) is 0 Å². The molecular weight excluding hydrogens is 538 g/mol. The third kappa shape index (κ3) is 6.60. The minimum atomic E-state index is -3.77. The van der Waals surface area contributed by atoms with Crippen LogP contribution in [0.25, 0.3) is 0 Å². The van der Waals surface area contributed by atoms with Crippen LogP contribution in [0.15, 0.2) is 77.7 Å².